The topological polar surface area (TPSA) is 63.4 Å². The van der Waals surface area contributed by atoms with Crippen molar-refractivity contribution in [3.8, 4) is 0 Å². The van der Waals surface area contributed by atoms with Gasteiger partial charge in [0.05, 0.1) is 17.1 Å². The molecule has 1 fully saturated rings. The Morgan fingerprint density at radius 2 is 2.06 bits per heavy atom. The van der Waals surface area contributed by atoms with Gasteiger partial charge < -0.3 is 5.73 Å². The van der Waals surface area contributed by atoms with E-state index in [9.17, 15) is 12.8 Å². The zero-order valence-electron chi connectivity index (χ0n) is 8.69. The van der Waals surface area contributed by atoms with Crippen LogP contribution in [0.5, 0.6) is 0 Å². The lowest BCUT2D eigenvalue weighted by Gasteiger charge is -2.28. The van der Waals surface area contributed by atoms with Crippen LogP contribution in [0.25, 0.3) is 0 Å². The normalized spacial score (nSPS) is 19.7. The molecule has 2 rings (SSSR count). The van der Waals surface area contributed by atoms with E-state index in [-0.39, 0.29) is 11.4 Å². The van der Waals surface area contributed by atoms with Gasteiger partial charge in [0, 0.05) is 12.6 Å². The first-order valence-corrected chi connectivity index (χ1v) is 6.67. The van der Waals surface area contributed by atoms with E-state index < -0.39 is 15.8 Å². The number of sulfonamides is 1. The number of nitrogen functional groups attached to an aromatic ring is 1. The predicted molar refractivity (Wildman–Crippen MR) is 61.2 cm³/mol. The Hall–Kier alpha value is -1.30. The van der Waals surface area contributed by atoms with Gasteiger partial charge in [-0.05, 0) is 25.0 Å². The second kappa shape index (κ2) is 3.93. The zero-order chi connectivity index (χ0) is 11.8. The van der Waals surface area contributed by atoms with E-state index in [1.807, 2.05) is 0 Å². The molecule has 1 saturated heterocycles. The minimum Gasteiger partial charge on any atom is -0.396 e. The molecule has 1 aliphatic heterocycles. The highest BCUT2D eigenvalue weighted by Gasteiger charge is 2.26. The molecule has 1 aromatic carbocycles. The minimum atomic E-state index is -3.28. The van der Waals surface area contributed by atoms with Gasteiger partial charge in [0.25, 0.3) is 0 Å². The van der Waals surface area contributed by atoms with E-state index in [2.05, 4.69) is 0 Å². The van der Waals surface area contributed by atoms with Crippen LogP contribution in [0.1, 0.15) is 12.8 Å². The van der Waals surface area contributed by atoms with Crippen molar-refractivity contribution in [2.45, 2.75) is 12.8 Å². The van der Waals surface area contributed by atoms with E-state index in [1.165, 1.54) is 16.4 Å². The van der Waals surface area contributed by atoms with Crippen LogP contribution in [-0.2, 0) is 10.0 Å². The van der Waals surface area contributed by atoms with Crippen LogP contribution in [0, 0.1) is 5.82 Å². The molecule has 1 heterocycles. The maximum absolute atomic E-state index is 13.2. The third kappa shape index (κ3) is 1.97. The average molecular weight is 244 g/mol. The van der Waals surface area contributed by atoms with Gasteiger partial charge in [0.2, 0.25) is 10.0 Å². The van der Waals surface area contributed by atoms with Crippen LogP contribution in [0.15, 0.2) is 18.2 Å². The van der Waals surface area contributed by atoms with Gasteiger partial charge in [-0.1, -0.05) is 0 Å². The molecule has 16 heavy (non-hydrogen) atoms. The number of nitrogens with zero attached hydrogens (tertiary/aromatic N) is 1. The summed E-state index contributed by atoms with van der Waals surface area (Å²) in [4.78, 5) is 0. The third-order valence-corrected chi connectivity index (χ3v) is 4.49. The Labute approximate surface area is 93.9 Å². The number of rotatable bonds is 1. The lowest BCUT2D eigenvalue weighted by molar-refractivity contribution is 0.574. The lowest BCUT2D eigenvalue weighted by Crippen LogP contribution is -2.37. The van der Waals surface area contributed by atoms with Crippen molar-refractivity contribution in [1.82, 2.24) is 0 Å². The molecule has 1 aromatic rings. The summed E-state index contributed by atoms with van der Waals surface area (Å²) in [5.41, 5.74) is 5.72. The van der Waals surface area contributed by atoms with Crippen molar-refractivity contribution >= 4 is 21.4 Å². The van der Waals surface area contributed by atoms with Crippen molar-refractivity contribution in [2.75, 3.05) is 22.3 Å². The molecular weight excluding hydrogens is 231 g/mol. The number of hydrogen-bond acceptors (Lipinski definition) is 3. The Balaban J connectivity index is 2.39. The highest BCUT2D eigenvalue weighted by molar-refractivity contribution is 7.92. The molecular formula is C10H13FN2O2S. The first-order valence-electron chi connectivity index (χ1n) is 5.06. The number of halogens is 1. The first-order chi connectivity index (χ1) is 7.50. The molecule has 88 valence electrons. The SMILES string of the molecule is Nc1ccc(N2CCCCS2(=O)=O)cc1F. The van der Waals surface area contributed by atoms with E-state index in [0.717, 1.165) is 12.5 Å². The van der Waals surface area contributed by atoms with Gasteiger partial charge in [0.15, 0.2) is 0 Å². The summed E-state index contributed by atoms with van der Waals surface area (Å²) in [5.74, 6) is -0.461. The largest absolute Gasteiger partial charge is 0.396 e. The van der Waals surface area contributed by atoms with Crippen LogP contribution in [0.2, 0.25) is 0 Å². The molecule has 0 unspecified atom stereocenters. The van der Waals surface area contributed by atoms with Crippen molar-refractivity contribution in [1.29, 1.82) is 0 Å². The summed E-state index contributed by atoms with van der Waals surface area (Å²) in [7, 11) is -3.28. The maximum atomic E-state index is 13.2. The van der Waals surface area contributed by atoms with Crippen molar-refractivity contribution in [3.05, 3.63) is 24.0 Å². The van der Waals surface area contributed by atoms with Crippen LogP contribution >= 0.6 is 0 Å². The first kappa shape index (κ1) is 11.2. The predicted octanol–water partition coefficient (Wildman–Crippen LogP) is 1.34. The number of anilines is 2. The fraction of sp³-hybridized carbons (Fsp3) is 0.400. The molecule has 0 aromatic heterocycles. The van der Waals surface area contributed by atoms with Crippen molar-refractivity contribution in [3.63, 3.8) is 0 Å². The monoisotopic (exact) mass is 244 g/mol. The number of hydrogen-bond donors (Lipinski definition) is 1. The molecule has 1 aliphatic rings. The van der Waals surface area contributed by atoms with E-state index in [1.54, 1.807) is 0 Å². The summed E-state index contributed by atoms with van der Waals surface area (Å²) in [6.07, 6.45) is 1.46. The summed E-state index contributed by atoms with van der Waals surface area (Å²) >= 11 is 0. The molecule has 0 radical (unpaired) electrons. The highest BCUT2D eigenvalue weighted by atomic mass is 32.2. The summed E-state index contributed by atoms with van der Waals surface area (Å²) in [5, 5.41) is 0. The second-order valence-electron chi connectivity index (χ2n) is 3.80. The van der Waals surface area contributed by atoms with Gasteiger partial charge in [-0.3, -0.25) is 4.31 Å². The molecule has 0 spiro atoms. The van der Waals surface area contributed by atoms with Gasteiger partial charge in [-0.2, -0.15) is 0 Å². The Kier molecular flexibility index (Phi) is 2.75. The molecule has 4 nitrogen and oxygen atoms in total. The van der Waals surface area contributed by atoms with Gasteiger partial charge >= 0.3 is 0 Å². The Morgan fingerprint density at radius 1 is 1.31 bits per heavy atom. The Bertz CT molecular complexity index is 502. The Morgan fingerprint density at radius 3 is 2.69 bits per heavy atom. The van der Waals surface area contributed by atoms with Crippen LogP contribution < -0.4 is 10.0 Å². The van der Waals surface area contributed by atoms with Crippen molar-refractivity contribution < 1.29 is 12.8 Å². The quantitative estimate of drug-likeness (QED) is 0.758. The van der Waals surface area contributed by atoms with Crippen molar-refractivity contribution in [2.24, 2.45) is 0 Å². The van der Waals surface area contributed by atoms with Gasteiger partial charge in [0.1, 0.15) is 5.82 Å². The summed E-state index contributed by atoms with van der Waals surface area (Å²) in [6.45, 7) is 0.408. The second-order valence-corrected chi connectivity index (χ2v) is 5.81. The molecule has 0 bridgehead atoms. The van der Waals surface area contributed by atoms with E-state index in [4.69, 9.17) is 5.73 Å². The number of benzene rings is 1. The van der Waals surface area contributed by atoms with E-state index >= 15 is 0 Å². The number of nitrogens with two attached hydrogens (primary N) is 1. The molecule has 0 atom stereocenters. The minimum absolute atomic E-state index is 0.0261. The van der Waals surface area contributed by atoms with Gasteiger partial charge in [-0.15, -0.1) is 0 Å². The van der Waals surface area contributed by atoms with Gasteiger partial charge in [-0.25, -0.2) is 12.8 Å². The van der Waals surface area contributed by atoms with Crippen LogP contribution in [0.4, 0.5) is 15.8 Å². The highest BCUT2D eigenvalue weighted by Crippen LogP contribution is 2.25. The van der Waals surface area contributed by atoms with Crippen LogP contribution in [0.3, 0.4) is 0 Å². The third-order valence-electron chi connectivity index (χ3n) is 2.62. The van der Waals surface area contributed by atoms with E-state index in [0.29, 0.717) is 18.7 Å². The average Bonchev–Trinajstić information content (AvgIpc) is 2.22. The summed E-state index contributed by atoms with van der Waals surface area (Å²) in [6, 6.07) is 4.08. The smallest absolute Gasteiger partial charge is 0.235 e. The molecule has 0 saturated carbocycles. The molecule has 2 N–H and O–H groups in total. The standard InChI is InChI=1S/C10H13FN2O2S/c11-9-7-8(3-4-10(9)12)13-5-1-2-6-16(13,14)15/h3-4,7H,1-2,5-6,12H2. The molecule has 0 aliphatic carbocycles. The van der Waals surface area contributed by atoms with Crippen LogP contribution in [-0.4, -0.2) is 20.7 Å². The molecule has 0 amide bonds. The fourth-order valence-electron chi connectivity index (χ4n) is 1.75. The maximum Gasteiger partial charge on any atom is 0.235 e. The lowest BCUT2D eigenvalue weighted by atomic mass is 10.2. The zero-order valence-corrected chi connectivity index (χ0v) is 9.50. The molecule has 6 heteroatoms. The summed E-state index contributed by atoms with van der Waals surface area (Å²) < 4.78 is 38.0. The fourth-order valence-corrected chi connectivity index (χ4v) is 3.38.